The minimum absolute atomic E-state index is 0.206. The summed E-state index contributed by atoms with van der Waals surface area (Å²) in [5.74, 6) is 0. The summed E-state index contributed by atoms with van der Waals surface area (Å²) in [6, 6.07) is 0. The summed E-state index contributed by atoms with van der Waals surface area (Å²) in [5, 5.41) is 0.0626. The number of rotatable bonds is 6. The summed E-state index contributed by atoms with van der Waals surface area (Å²) in [5.41, 5.74) is -1.82. The van der Waals surface area contributed by atoms with Gasteiger partial charge in [0.15, 0.2) is 0 Å². The van der Waals surface area contributed by atoms with Gasteiger partial charge < -0.3 is 4.74 Å². The first-order valence-corrected chi connectivity index (χ1v) is 5.54. The lowest BCUT2D eigenvalue weighted by molar-refractivity contribution is -0.108. The molecule has 0 N–H and O–H groups in total. The van der Waals surface area contributed by atoms with Crippen LogP contribution in [0.25, 0.3) is 0 Å². The highest BCUT2D eigenvalue weighted by atomic mass is 32.2. The molecule has 0 spiro atoms. The first-order chi connectivity index (χ1) is 7.70. The van der Waals surface area contributed by atoms with E-state index in [1.165, 1.54) is 7.11 Å². The van der Waals surface area contributed by atoms with Crippen molar-refractivity contribution in [3.05, 3.63) is 11.0 Å². The molecule has 0 aliphatic heterocycles. The third-order valence-corrected chi connectivity index (χ3v) is 3.05. The van der Waals surface area contributed by atoms with E-state index in [0.29, 0.717) is 17.2 Å². The highest BCUT2D eigenvalue weighted by Gasteiger charge is 2.39. The Labute approximate surface area is 101 Å². The number of hydrogen-bond donors (Lipinski definition) is 0. The molecule has 0 amide bonds. The van der Waals surface area contributed by atoms with Gasteiger partial charge in [-0.1, -0.05) is 0 Å². The first kappa shape index (κ1) is 16.7. The average molecular weight is 279 g/mol. The maximum Gasteiger partial charge on any atom is 0.418 e. The van der Waals surface area contributed by atoms with Crippen LogP contribution in [0.4, 0.5) is 22.0 Å². The predicted octanol–water partition coefficient (Wildman–Crippen LogP) is 3.31. The van der Waals surface area contributed by atoms with E-state index in [2.05, 4.69) is 0 Å². The molecule has 1 atom stereocenters. The van der Waals surface area contributed by atoms with Crippen molar-refractivity contribution >= 4 is 11.8 Å². The van der Waals surface area contributed by atoms with Gasteiger partial charge >= 0.3 is 6.18 Å². The van der Waals surface area contributed by atoms with Gasteiger partial charge in [0, 0.05) is 7.11 Å². The number of alkyl halides is 5. The SMILES string of the molecule is COCN(C)C(C)S/C=C(/C(F)F)C(F)(F)F. The molecule has 0 saturated heterocycles. The lowest BCUT2D eigenvalue weighted by atomic mass is 10.3. The van der Waals surface area contributed by atoms with E-state index in [9.17, 15) is 22.0 Å². The van der Waals surface area contributed by atoms with Gasteiger partial charge in [0.1, 0.15) is 5.57 Å². The van der Waals surface area contributed by atoms with Crippen LogP contribution in [0.2, 0.25) is 0 Å². The Morgan fingerprint density at radius 1 is 1.41 bits per heavy atom. The molecule has 0 aromatic rings. The molecule has 0 aromatic carbocycles. The largest absolute Gasteiger partial charge is 0.418 e. The zero-order chi connectivity index (χ0) is 13.6. The molecule has 0 heterocycles. The van der Waals surface area contributed by atoms with E-state index in [0.717, 1.165) is 0 Å². The number of ether oxygens (including phenoxy) is 1. The van der Waals surface area contributed by atoms with Crippen LogP contribution < -0.4 is 0 Å². The van der Waals surface area contributed by atoms with Crippen molar-refractivity contribution in [3.63, 3.8) is 0 Å². The van der Waals surface area contributed by atoms with Gasteiger partial charge in [0.25, 0.3) is 6.43 Å². The predicted molar refractivity (Wildman–Crippen MR) is 56.8 cm³/mol. The molecule has 0 radical (unpaired) electrons. The van der Waals surface area contributed by atoms with Gasteiger partial charge in [0.2, 0.25) is 0 Å². The molecule has 0 saturated carbocycles. The lowest BCUT2D eigenvalue weighted by Crippen LogP contribution is -2.28. The van der Waals surface area contributed by atoms with Crippen LogP contribution in [0.1, 0.15) is 6.92 Å². The Hall–Kier alpha value is -0.340. The molecule has 2 nitrogen and oxygen atoms in total. The van der Waals surface area contributed by atoms with E-state index in [-0.39, 0.29) is 6.73 Å². The zero-order valence-electron chi connectivity index (χ0n) is 9.59. The Bertz CT molecular complexity index is 256. The number of allylic oxidation sites excluding steroid dienone is 1. The molecule has 0 bridgehead atoms. The Kier molecular flexibility index (Phi) is 7.03. The second-order valence-electron chi connectivity index (χ2n) is 3.28. The molecular weight excluding hydrogens is 265 g/mol. The molecule has 0 rings (SSSR count). The standard InChI is InChI=1S/C9H14F5NOS/c1-6(15(2)5-16-3)17-4-7(8(10)11)9(12,13)14/h4,6,8H,5H2,1-3H3/b7-4-. The number of nitrogens with zero attached hydrogens (tertiary/aromatic N) is 1. The molecular formula is C9H14F5NOS. The highest BCUT2D eigenvalue weighted by Crippen LogP contribution is 2.33. The second kappa shape index (κ2) is 7.17. The van der Waals surface area contributed by atoms with E-state index in [1.54, 1.807) is 18.9 Å². The third-order valence-electron chi connectivity index (χ3n) is 1.91. The summed E-state index contributed by atoms with van der Waals surface area (Å²) >= 11 is 0.672. The quantitative estimate of drug-likeness (QED) is 0.546. The van der Waals surface area contributed by atoms with Crippen LogP contribution in [0.15, 0.2) is 11.0 Å². The van der Waals surface area contributed by atoms with E-state index in [1.807, 2.05) is 0 Å². The number of hydrogen-bond acceptors (Lipinski definition) is 3. The molecule has 0 fully saturated rings. The maximum absolute atomic E-state index is 12.2. The van der Waals surface area contributed by atoms with Crippen LogP contribution in [-0.4, -0.2) is 43.8 Å². The fourth-order valence-corrected chi connectivity index (χ4v) is 1.67. The highest BCUT2D eigenvalue weighted by molar-refractivity contribution is 8.02. The topological polar surface area (TPSA) is 12.5 Å². The smallest absolute Gasteiger partial charge is 0.369 e. The minimum atomic E-state index is -5.00. The van der Waals surface area contributed by atoms with Gasteiger partial charge in [-0.2, -0.15) is 13.2 Å². The molecule has 102 valence electrons. The summed E-state index contributed by atoms with van der Waals surface area (Å²) in [6.07, 6.45) is -8.52. The number of halogens is 5. The van der Waals surface area contributed by atoms with Gasteiger partial charge in [-0.05, 0) is 19.4 Å². The first-order valence-electron chi connectivity index (χ1n) is 4.60. The van der Waals surface area contributed by atoms with E-state index in [4.69, 9.17) is 4.74 Å². The fourth-order valence-electron chi connectivity index (χ4n) is 0.826. The van der Waals surface area contributed by atoms with Crippen molar-refractivity contribution in [3.8, 4) is 0 Å². The normalized spacial score (nSPS) is 15.8. The Morgan fingerprint density at radius 2 is 1.94 bits per heavy atom. The monoisotopic (exact) mass is 279 g/mol. The van der Waals surface area contributed by atoms with Gasteiger partial charge in [-0.15, -0.1) is 11.8 Å². The summed E-state index contributed by atoms with van der Waals surface area (Å²) in [6.45, 7) is 1.80. The molecule has 0 aliphatic carbocycles. The molecule has 17 heavy (non-hydrogen) atoms. The van der Waals surface area contributed by atoms with Crippen LogP contribution in [-0.2, 0) is 4.74 Å². The molecule has 1 unspecified atom stereocenters. The maximum atomic E-state index is 12.2. The summed E-state index contributed by atoms with van der Waals surface area (Å²) < 4.78 is 65.6. The zero-order valence-corrected chi connectivity index (χ0v) is 10.4. The van der Waals surface area contributed by atoms with Crippen molar-refractivity contribution in [2.45, 2.75) is 24.9 Å². The Balaban J connectivity index is 4.55. The molecule has 0 aromatic heterocycles. The third kappa shape index (κ3) is 6.23. The van der Waals surface area contributed by atoms with Crippen LogP contribution in [0.3, 0.4) is 0 Å². The van der Waals surface area contributed by atoms with Gasteiger partial charge in [-0.3, -0.25) is 4.90 Å². The van der Waals surface area contributed by atoms with E-state index >= 15 is 0 Å². The summed E-state index contributed by atoms with van der Waals surface area (Å²) in [4.78, 5) is 1.58. The number of thioether (sulfide) groups is 1. The summed E-state index contributed by atoms with van der Waals surface area (Å²) in [7, 11) is 3.05. The molecule has 0 aliphatic rings. The van der Waals surface area contributed by atoms with Crippen molar-refractivity contribution in [1.29, 1.82) is 0 Å². The van der Waals surface area contributed by atoms with Gasteiger partial charge in [-0.25, -0.2) is 8.78 Å². The number of methoxy groups -OCH3 is 1. The van der Waals surface area contributed by atoms with Crippen LogP contribution in [0, 0.1) is 0 Å². The second-order valence-corrected chi connectivity index (χ2v) is 4.47. The van der Waals surface area contributed by atoms with E-state index < -0.39 is 23.5 Å². The van der Waals surface area contributed by atoms with Crippen molar-refractivity contribution in [1.82, 2.24) is 4.90 Å². The van der Waals surface area contributed by atoms with Crippen LogP contribution in [0.5, 0.6) is 0 Å². The molecule has 8 heteroatoms. The van der Waals surface area contributed by atoms with Gasteiger partial charge in [0.05, 0.1) is 12.1 Å². The van der Waals surface area contributed by atoms with Crippen molar-refractivity contribution in [2.75, 3.05) is 20.9 Å². The van der Waals surface area contributed by atoms with Crippen molar-refractivity contribution < 1.29 is 26.7 Å². The Morgan fingerprint density at radius 3 is 2.29 bits per heavy atom. The van der Waals surface area contributed by atoms with Crippen LogP contribution >= 0.6 is 11.8 Å². The van der Waals surface area contributed by atoms with Crippen molar-refractivity contribution in [2.24, 2.45) is 0 Å². The lowest BCUT2D eigenvalue weighted by Gasteiger charge is -2.22. The minimum Gasteiger partial charge on any atom is -0.369 e. The average Bonchev–Trinajstić information content (AvgIpc) is 2.15. The fraction of sp³-hybridized carbons (Fsp3) is 0.778.